The van der Waals surface area contributed by atoms with E-state index >= 15 is 0 Å². The predicted octanol–water partition coefficient (Wildman–Crippen LogP) is 1.37. The predicted molar refractivity (Wildman–Crippen MR) is 66.5 cm³/mol. The molecule has 84 valence electrons. The van der Waals surface area contributed by atoms with Crippen LogP contribution in [-0.2, 0) is 11.3 Å². The monoisotopic (exact) mass is 234 g/mol. The standard InChI is InChI=1S/C12H14N2OS/c13-6-8-1-3-9(4-2-8)14-7-10-5-11(16-10)12(14)15/h1-4,10-11H,5-7,13H2. The highest BCUT2D eigenvalue weighted by Crippen LogP contribution is 2.43. The molecule has 1 amide bonds. The van der Waals surface area contributed by atoms with Gasteiger partial charge in [-0.25, -0.2) is 0 Å². The number of amides is 1. The second-order valence-electron chi connectivity index (χ2n) is 4.30. The molecule has 4 rings (SSSR count). The summed E-state index contributed by atoms with van der Waals surface area (Å²) < 4.78 is 0. The van der Waals surface area contributed by atoms with Crippen LogP contribution in [0, 0.1) is 0 Å². The molecule has 0 aromatic heterocycles. The molecule has 3 heterocycles. The van der Waals surface area contributed by atoms with E-state index in [9.17, 15) is 4.79 Å². The number of nitrogens with two attached hydrogens (primary N) is 1. The van der Waals surface area contributed by atoms with Gasteiger partial charge in [-0.15, -0.1) is 11.8 Å². The van der Waals surface area contributed by atoms with Crippen LogP contribution >= 0.6 is 11.8 Å². The van der Waals surface area contributed by atoms with Crippen LogP contribution in [0.4, 0.5) is 5.69 Å². The Balaban J connectivity index is 1.83. The lowest BCUT2D eigenvalue weighted by Gasteiger charge is -2.45. The van der Waals surface area contributed by atoms with Gasteiger partial charge in [-0.05, 0) is 24.1 Å². The quantitative estimate of drug-likeness (QED) is 0.840. The molecule has 3 nitrogen and oxygen atoms in total. The number of rotatable bonds is 2. The smallest absolute Gasteiger partial charge is 0.240 e. The number of carbonyl (C=O) groups excluding carboxylic acids is 1. The molecule has 1 aromatic carbocycles. The number of nitrogens with zero attached hydrogens (tertiary/aromatic N) is 1. The van der Waals surface area contributed by atoms with Gasteiger partial charge in [0.1, 0.15) is 0 Å². The van der Waals surface area contributed by atoms with Crippen LogP contribution < -0.4 is 10.6 Å². The fourth-order valence-corrected chi connectivity index (χ4v) is 3.48. The van der Waals surface area contributed by atoms with Gasteiger partial charge in [0.2, 0.25) is 5.91 Å². The molecule has 16 heavy (non-hydrogen) atoms. The Bertz CT molecular complexity index is 412. The zero-order chi connectivity index (χ0) is 11.1. The number of piperidine rings is 1. The van der Waals surface area contributed by atoms with E-state index in [-0.39, 0.29) is 11.2 Å². The summed E-state index contributed by atoms with van der Waals surface area (Å²) in [5, 5.41) is 0.866. The first-order valence-corrected chi connectivity index (χ1v) is 6.48. The molecule has 0 radical (unpaired) electrons. The summed E-state index contributed by atoms with van der Waals surface area (Å²) in [5.74, 6) is 0.271. The van der Waals surface area contributed by atoms with E-state index in [1.54, 1.807) is 0 Å². The van der Waals surface area contributed by atoms with Gasteiger partial charge in [0.15, 0.2) is 0 Å². The number of benzene rings is 1. The van der Waals surface area contributed by atoms with Crippen LogP contribution in [0.1, 0.15) is 12.0 Å². The second kappa shape index (κ2) is 3.79. The Hall–Kier alpha value is -1.00. The van der Waals surface area contributed by atoms with E-state index in [1.807, 2.05) is 40.9 Å². The maximum atomic E-state index is 12.0. The zero-order valence-electron chi connectivity index (χ0n) is 8.93. The van der Waals surface area contributed by atoms with Gasteiger partial charge in [0.05, 0.1) is 5.25 Å². The molecule has 2 unspecified atom stereocenters. The fourth-order valence-electron chi connectivity index (χ4n) is 2.25. The van der Waals surface area contributed by atoms with Gasteiger partial charge < -0.3 is 10.6 Å². The summed E-state index contributed by atoms with van der Waals surface area (Å²) in [4.78, 5) is 13.9. The second-order valence-corrected chi connectivity index (χ2v) is 5.81. The van der Waals surface area contributed by atoms with Crippen molar-refractivity contribution in [1.82, 2.24) is 0 Å². The highest BCUT2D eigenvalue weighted by molar-refractivity contribution is 8.02. The minimum atomic E-state index is 0.216. The minimum absolute atomic E-state index is 0.216. The third-order valence-electron chi connectivity index (χ3n) is 3.25. The first-order valence-electron chi connectivity index (χ1n) is 5.54. The van der Waals surface area contributed by atoms with Crippen molar-refractivity contribution in [3.63, 3.8) is 0 Å². The first-order chi connectivity index (χ1) is 7.78. The van der Waals surface area contributed by atoms with Gasteiger partial charge >= 0.3 is 0 Å². The van der Waals surface area contributed by atoms with Crippen LogP contribution in [0.3, 0.4) is 0 Å². The molecular weight excluding hydrogens is 220 g/mol. The maximum absolute atomic E-state index is 12.0. The van der Waals surface area contributed by atoms with E-state index in [2.05, 4.69) is 0 Å². The van der Waals surface area contributed by atoms with Gasteiger partial charge in [0.25, 0.3) is 0 Å². The lowest BCUT2D eigenvalue weighted by atomic mass is 10.1. The number of fused-ring (bicyclic) bond motifs is 2. The SMILES string of the molecule is NCc1ccc(N2CC3CC(S3)C2=O)cc1. The molecule has 3 saturated heterocycles. The normalized spacial score (nSPS) is 27.8. The third-order valence-corrected chi connectivity index (χ3v) is 4.69. The van der Waals surface area contributed by atoms with Gasteiger partial charge in [0, 0.05) is 24.0 Å². The summed E-state index contributed by atoms with van der Waals surface area (Å²) in [6, 6.07) is 7.98. The number of hydrogen-bond acceptors (Lipinski definition) is 3. The van der Waals surface area contributed by atoms with E-state index in [0.29, 0.717) is 11.8 Å². The van der Waals surface area contributed by atoms with Crippen molar-refractivity contribution in [3.8, 4) is 0 Å². The molecule has 0 aliphatic carbocycles. The molecule has 4 heteroatoms. The Morgan fingerprint density at radius 2 is 2.06 bits per heavy atom. The molecular formula is C12H14N2OS. The van der Waals surface area contributed by atoms with E-state index < -0.39 is 0 Å². The molecule has 0 spiro atoms. The summed E-state index contributed by atoms with van der Waals surface area (Å²) >= 11 is 1.82. The van der Waals surface area contributed by atoms with E-state index in [0.717, 1.165) is 24.2 Å². The molecule has 1 aromatic rings. The average molecular weight is 234 g/mol. The number of anilines is 1. The molecule has 2 N–H and O–H groups in total. The van der Waals surface area contributed by atoms with Crippen molar-refractivity contribution in [3.05, 3.63) is 29.8 Å². The topological polar surface area (TPSA) is 46.3 Å². The van der Waals surface area contributed by atoms with Crippen molar-refractivity contribution in [2.75, 3.05) is 11.4 Å². The first kappa shape index (κ1) is 10.2. The van der Waals surface area contributed by atoms with Gasteiger partial charge in [-0.3, -0.25) is 4.79 Å². The number of hydrogen-bond donors (Lipinski definition) is 1. The van der Waals surface area contributed by atoms with Crippen molar-refractivity contribution in [1.29, 1.82) is 0 Å². The van der Waals surface area contributed by atoms with Crippen LogP contribution in [-0.4, -0.2) is 23.0 Å². The average Bonchev–Trinajstić information content (AvgIpc) is 2.28. The van der Waals surface area contributed by atoms with Crippen LogP contribution in [0.25, 0.3) is 0 Å². The Labute approximate surface area is 99.0 Å². The van der Waals surface area contributed by atoms with E-state index in [4.69, 9.17) is 5.73 Å². The molecule has 2 atom stereocenters. The van der Waals surface area contributed by atoms with Crippen LogP contribution in [0.2, 0.25) is 0 Å². The van der Waals surface area contributed by atoms with Crippen molar-refractivity contribution in [2.24, 2.45) is 5.73 Å². The largest absolute Gasteiger partial charge is 0.326 e. The summed E-state index contributed by atoms with van der Waals surface area (Å²) in [7, 11) is 0. The molecule has 0 saturated carbocycles. The summed E-state index contributed by atoms with van der Waals surface area (Å²) in [6.07, 6.45) is 1.07. The lowest BCUT2D eigenvalue weighted by molar-refractivity contribution is -0.119. The zero-order valence-corrected chi connectivity index (χ0v) is 9.74. The molecule has 3 aliphatic heterocycles. The minimum Gasteiger partial charge on any atom is -0.326 e. The van der Waals surface area contributed by atoms with E-state index in [1.165, 1.54) is 0 Å². The van der Waals surface area contributed by atoms with Crippen molar-refractivity contribution >= 4 is 23.4 Å². The van der Waals surface area contributed by atoms with Crippen molar-refractivity contribution < 1.29 is 4.79 Å². The Morgan fingerprint density at radius 1 is 1.38 bits per heavy atom. The third kappa shape index (κ3) is 1.53. The van der Waals surface area contributed by atoms with Gasteiger partial charge in [-0.2, -0.15) is 0 Å². The fraction of sp³-hybridized carbons (Fsp3) is 0.417. The Morgan fingerprint density at radius 3 is 2.62 bits per heavy atom. The molecule has 2 bridgehead atoms. The summed E-state index contributed by atoms with van der Waals surface area (Å²) in [6.45, 7) is 1.41. The molecule has 3 fully saturated rings. The highest BCUT2D eigenvalue weighted by Gasteiger charge is 2.44. The number of carbonyl (C=O) groups is 1. The van der Waals surface area contributed by atoms with Gasteiger partial charge in [-0.1, -0.05) is 12.1 Å². The highest BCUT2D eigenvalue weighted by atomic mass is 32.2. The van der Waals surface area contributed by atoms with Crippen LogP contribution in [0.5, 0.6) is 0 Å². The van der Waals surface area contributed by atoms with Crippen molar-refractivity contribution in [2.45, 2.75) is 23.5 Å². The Kier molecular flexibility index (Phi) is 2.41. The molecule has 3 aliphatic rings. The van der Waals surface area contributed by atoms with Crippen LogP contribution in [0.15, 0.2) is 24.3 Å². The summed E-state index contributed by atoms with van der Waals surface area (Å²) in [5.41, 5.74) is 7.67. The maximum Gasteiger partial charge on any atom is 0.240 e. The number of thioether (sulfide) groups is 1. The lowest BCUT2D eigenvalue weighted by Crippen LogP contribution is -2.55.